The third kappa shape index (κ3) is 3.45. The van der Waals surface area contributed by atoms with Crippen molar-refractivity contribution in [1.82, 2.24) is 4.90 Å². The zero-order valence-corrected chi connectivity index (χ0v) is 12.1. The number of ketones is 1. The normalized spacial score (nSPS) is 23.5. The van der Waals surface area contributed by atoms with Gasteiger partial charge in [-0.1, -0.05) is 23.8 Å². The molecule has 0 aromatic heterocycles. The van der Waals surface area contributed by atoms with Gasteiger partial charge in [-0.15, -0.1) is 0 Å². The molecule has 108 valence electrons. The number of aryl methyl sites for hydroxylation is 1. The Hall–Kier alpha value is -1.68. The van der Waals surface area contributed by atoms with Gasteiger partial charge in [-0.05, 0) is 32.8 Å². The van der Waals surface area contributed by atoms with Crippen molar-refractivity contribution in [2.24, 2.45) is 11.7 Å². The Balaban J connectivity index is 2.04. The van der Waals surface area contributed by atoms with E-state index < -0.39 is 0 Å². The van der Waals surface area contributed by atoms with Gasteiger partial charge in [-0.25, -0.2) is 0 Å². The van der Waals surface area contributed by atoms with Crippen LogP contribution in [0.4, 0.5) is 0 Å². The molecule has 1 heterocycles. The Bertz CT molecular complexity index is 513. The molecule has 2 N–H and O–H groups in total. The van der Waals surface area contributed by atoms with E-state index in [4.69, 9.17) is 5.73 Å². The number of primary amides is 1. The molecule has 0 saturated carbocycles. The molecule has 20 heavy (non-hydrogen) atoms. The van der Waals surface area contributed by atoms with Gasteiger partial charge in [0, 0.05) is 18.2 Å². The van der Waals surface area contributed by atoms with E-state index in [1.807, 2.05) is 31.2 Å². The number of carbonyl (C=O) groups is 2. The quantitative estimate of drug-likeness (QED) is 0.851. The first-order valence-electron chi connectivity index (χ1n) is 7.10. The van der Waals surface area contributed by atoms with Gasteiger partial charge in [0.1, 0.15) is 0 Å². The van der Waals surface area contributed by atoms with Crippen LogP contribution >= 0.6 is 0 Å². The van der Waals surface area contributed by atoms with Crippen LogP contribution in [0.25, 0.3) is 0 Å². The van der Waals surface area contributed by atoms with E-state index in [2.05, 4.69) is 11.8 Å². The SMILES string of the molecule is Cc1cccc(C(=O)CN2CC(C(N)=O)CCC2C)c1. The maximum atomic E-state index is 12.3. The summed E-state index contributed by atoms with van der Waals surface area (Å²) in [4.78, 5) is 25.7. The van der Waals surface area contributed by atoms with Gasteiger partial charge >= 0.3 is 0 Å². The zero-order chi connectivity index (χ0) is 14.7. The van der Waals surface area contributed by atoms with Crippen LogP contribution in [-0.4, -0.2) is 35.7 Å². The van der Waals surface area contributed by atoms with Gasteiger partial charge in [-0.2, -0.15) is 0 Å². The molecule has 1 fully saturated rings. The molecule has 1 aromatic rings. The van der Waals surface area contributed by atoms with Crippen LogP contribution in [-0.2, 0) is 4.79 Å². The molecular weight excluding hydrogens is 252 g/mol. The maximum absolute atomic E-state index is 12.3. The second kappa shape index (κ2) is 6.18. The molecule has 1 aliphatic heterocycles. The van der Waals surface area contributed by atoms with Crippen molar-refractivity contribution in [3.63, 3.8) is 0 Å². The van der Waals surface area contributed by atoms with Crippen molar-refractivity contribution in [2.75, 3.05) is 13.1 Å². The second-order valence-electron chi connectivity index (χ2n) is 5.75. The Morgan fingerprint density at radius 2 is 2.10 bits per heavy atom. The van der Waals surface area contributed by atoms with Gasteiger partial charge in [0.2, 0.25) is 5.91 Å². The lowest BCUT2D eigenvalue weighted by Gasteiger charge is -2.36. The van der Waals surface area contributed by atoms with Crippen LogP contribution in [0.3, 0.4) is 0 Å². The van der Waals surface area contributed by atoms with E-state index in [1.54, 1.807) is 0 Å². The molecule has 0 aliphatic carbocycles. The summed E-state index contributed by atoms with van der Waals surface area (Å²) in [5.74, 6) is -0.285. The summed E-state index contributed by atoms with van der Waals surface area (Å²) in [6.07, 6.45) is 1.74. The van der Waals surface area contributed by atoms with Crippen molar-refractivity contribution in [3.8, 4) is 0 Å². The van der Waals surface area contributed by atoms with E-state index in [-0.39, 0.29) is 17.6 Å². The number of piperidine rings is 1. The van der Waals surface area contributed by atoms with E-state index in [0.29, 0.717) is 19.1 Å². The van der Waals surface area contributed by atoms with Crippen LogP contribution in [0.15, 0.2) is 24.3 Å². The van der Waals surface area contributed by atoms with E-state index in [0.717, 1.165) is 24.0 Å². The third-order valence-electron chi connectivity index (χ3n) is 4.10. The number of nitrogens with zero attached hydrogens (tertiary/aromatic N) is 1. The number of hydrogen-bond acceptors (Lipinski definition) is 3. The first-order valence-corrected chi connectivity index (χ1v) is 7.10. The van der Waals surface area contributed by atoms with E-state index in [9.17, 15) is 9.59 Å². The minimum absolute atomic E-state index is 0.102. The van der Waals surface area contributed by atoms with Crippen molar-refractivity contribution < 1.29 is 9.59 Å². The fourth-order valence-corrected chi connectivity index (χ4v) is 2.73. The van der Waals surface area contributed by atoms with Crippen molar-refractivity contribution in [1.29, 1.82) is 0 Å². The maximum Gasteiger partial charge on any atom is 0.221 e. The summed E-state index contributed by atoms with van der Waals surface area (Å²) in [5, 5.41) is 0. The minimum Gasteiger partial charge on any atom is -0.369 e. The molecule has 1 amide bonds. The van der Waals surface area contributed by atoms with Crippen molar-refractivity contribution in [3.05, 3.63) is 35.4 Å². The van der Waals surface area contributed by atoms with Crippen molar-refractivity contribution in [2.45, 2.75) is 32.7 Å². The topological polar surface area (TPSA) is 63.4 Å². The minimum atomic E-state index is -0.259. The number of carbonyl (C=O) groups excluding carboxylic acids is 2. The van der Waals surface area contributed by atoms with Gasteiger partial charge in [0.15, 0.2) is 5.78 Å². The number of likely N-dealkylation sites (tertiary alicyclic amines) is 1. The molecule has 0 radical (unpaired) electrons. The van der Waals surface area contributed by atoms with E-state index in [1.165, 1.54) is 0 Å². The monoisotopic (exact) mass is 274 g/mol. The molecule has 0 spiro atoms. The van der Waals surface area contributed by atoms with Gasteiger partial charge in [-0.3, -0.25) is 14.5 Å². The highest BCUT2D eigenvalue weighted by Crippen LogP contribution is 2.22. The first-order chi connectivity index (χ1) is 9.47. The third-order valence-corrected chi connectivity index (χ3v) is 4.10. The summed E-state index contributed by atoms with van der Waals surface area (Å²) < 4.78 is 0. The summed E-state index contributed by atoms with van der Waals surface area (Å²) >= 11 is 0. The predicted octanol–water partition coefficient (Wildman–Crippen LogP) is 1.76. The van der Waals surface area contributed by atoms with Crippen LogP contribution in [0.1, 0.15) is 35.7 Å². The molecule has 0 bridgehead atoms. The lowest BCUT2D eigenvalue weighted by Crippen LogP contribution is -2.47. The summed E-state index contributed by atoms with van der Waals surface area (Å²) in [6, 6.07) is 7.94. The van der Waals surface area contributed by atoms with Gasteiger partial charge in [0.25, 0.3) is 0 Å². The van der Waals surface area contributed by atoms with Gasteiger partial charge in [0.05, 0.1) is 12.5 Å². The fraction of sp³-hybridized carbons (Fsp3) is 0.500. The lowest BCUT2D eigenvalue weighted by molar-refractivity contribution is -0.123. The number of amides is 1. The summed E-state index contributed by atoms with van der Waals surface area (Å²) in [6.45, 7) is 5.02. The van der Waals surface area contributed by atoms with Crippen LogP contribution < -0.4 is 5.73 Å². The Labute approximate surface area is 119 Å². The van der Waals surface area contributed by atoms with Crippen molar-refractivity contribution >= 4 is 11.7 Å². The average Bonchev–Trinajstić information content (AvgIpc) is 2.41. The molecular formula is C16H22N2O2. The number of rotatable bonds is 4. The Morgan fingerprint density at radius 3 is 2.75 bits per heavy atom. The summed E-state index contributed by atoms with van der Waals surface area (Å²) in [7, 11) is 0. The highest BCUT2D eigenvalue weighted by atomic mass is 16.1. The molecule has 4 nitrogen and oxygen atoms in total. The number of Topliss-reactive ketones (excluding diaryl/α,β-unsaturated/α-hetero) is 1. The highest BCUT2D eigenvalue weighted by Gasteiger charge is 2.29. The smallest absolute Gasteiger partial charge is 0.221 e. The van der Waals surface area contributed by atoms with Crippen LogP contribution in [0.5, 0.6) is 0 Å². The molecule has 2 atom stereocenters. The lowest BCUT2D eigenvalue weighted by atomic mass is 9.92. The number of benzene rings is 1. The highest BCUT2D eigenvalue weighted by molar-refractivity contribution is 5.97. The Kier molecular flexibility index (Phi) is 4.55. The number of hydrogen-bond donors (Lipinski definition) is 1. The van der Waals surface area contributed by atoms with Gasteiger partial charge < -0.3 is 5.73 Å². The standard InChI is InChI=1S/C16H22N2O2/c1-11-4-3-5-13(8-11)15(19)10-18-9-14(16(17)20)7-6-12(18)2/h3-5,8,12,14H,6-7,9-10H2,1-2H3,(H2,17,20). The second-order valence-corrected chi connectivity index (χ2v) is 5.75. The zero-order valence-electron chi connectivity index (χ0n) is 12.1. The molecule has 1 aliphatic rings. The number of nitrogens with two attached hydrogens (primary N) is 1. The average molecular weight is 274 g/mol. The van der Waals surface area contributed by atoms with Crippen LogP contribution in [0.2, 0.25) is 0 Å². The molecule has 1 saturated heterocycles. The Morgan fingerprint density at radius 1 is 1.35 bits per heavy atom. The fourth-order valence-electron chi connectivity index (χ4n) is 2.73. The summed E-state index contributed by atoms with van der Waals surface area (Å²) in [5.41, 5.74) is 7.20. The molecule has 1 aromatic carbocycles. The predicted molar refractivity (Wildman–Crippen MR) is 78.5 cm³/mol. The van der Waals surface area contributed by atoms with E-state index >= 15 is 0 Å². The molecule has 4 heteroatoms. The van der Waals surface area contributed by atoms with Crippen LogP contribution in [0, 0.1) is 12.8 Å². The molecule has 2 rings (SSSR count). The molecule has 2 unspecified atom stereocenters. The first kappa shape index (κ1) is 14.7. The largest absolute Gasteiger partial charge is 0.369 e.